The Morgan fingerprint density at radius 1 is 1.60 bits per heavy atom. The van der Waals surface area contributed by atoms with E-state index in [9.17, 15) is 9.90 Å². The summed E-state index contributed by atoms with van der Waals surface area (Å²) in [5, 5.41) is 10.4. The van der Waals surface area contributed by atoms with Gasteiger partial charge in [0.25, 0.3) is 0 Å². The van der Waals surface area contributed by atoms with E-state index in [2.05, 4.69) is 5.48 Å². The Labute approximate surface area is 59.1 Å². The van der Waals surface area contributed by atoms with Crippen LogP contribution >= 0.6 is 0 Å². The molecule has 4 nitrogen and oxygen atoms in total. The van der Waals surface area contributed by atoms with Crippen LogP contribution in [0.2, 0.25) is 0 Å². The van der Waals surface area contributed by atoms with Gasteiger partial charge in [-0.3, -0.25) is 4.84 Å². The van der Waals surface area contributed by atoms with Crippen LogP contribution in [0.3, 0.4) is 0 Å². The molecular formula is C6H10NO3-. The molecule has 0 aromatic rings. The van der Waals surface area contributed by atoms with E-state index >= 15 is 0 Å². The van der Waals surface area contributed by atoms with Crippen molar-refractivity contribution in [1.29, 1.82) is 0 Å². The van der Waals surface area contributed by atoms with E-state index in [-0.39, 0.29) is 12.1 Å². The van der Waals surface area contributed by atoms with Crippen molar-refractivity contribution in [2.45, 2.75) is 26.0 Å². The van der Waals surface area contributed by atoms with Crippen LogP contribution in [0.4, 0.5) is 0 Å². The van der Waals surface area contributed by atoms with Crippen LogP contribution in [-0.4, -0.2) is 18.1 Å². The number of rotatable bonds is 1. The fourth-order valence-corrected chi connectivity index (χ4v) is 1.16. The Morgan fingerprint density at radius 3 is 2.40 bits per heavy atom. The summed E-state index contributed by atoms with van der Waals surface area (Å²) >= 11 is 0. The number of hydrogen-bond acceptors (Lipinski definition) is 4. The Balaban J connectivity index is 2.63. The van der Waals surface area contributed by atoms with Crippen molar-refractivity contribution in [2.75, 3.05) is 0 Å². The predicted molar refractivity (Wildman–Crippen MR) is 31.6 cm³/mol. The SMILES string of the molecule is CC1NOC(C)C1C(=O)[O-]. The van der Waals surface area contributed by atoms with Gasteiger partial charge in [-0.2, -0.15) is 5.48 Å². The maximum Gasteiger partial charge on any atom is 0.0858 e. The Hall–Kier alpha value is -0.610. The minimum Gasteiger partial charge on any atom is -0.550 e. The molecule has 1 aliphatic rings. The van der Waals surface area contributed by atoms with Gasteiger partial charge in [0.05, 0.1) is 6.10 Å². The molecule has 0 bridgehead atoms. The van der Waals surface area contributed by atoms with E-state index in [1.807, 2.05) is 0 Å². The summed E-state index contributed by atoms with van der Waals surface area (Å²) in [4.78, 5) is 15.3. The van der Waals surface area contributed by atoms with Crippen LogP contribution < -0.4 is 10.6 Å². The highest BCUT2D eigenvalue weighted by molar-refractivity contribution is 5.69. The van der Waals surface area contributed by atoms with E-state index in [0.717, 1.165) is 0 Å². The van der Waals surface area contributed by atoms with E-state index in [1.54, 1.807) is 13.8 Å². The van der Waals surface area contributed by atoms with Crippen LogP contribution in [0.15, 0.2) is 0 Å². The molecule has 0 aromatic heterocycles. The first-order valence-electron chi connectivity index (χ1n) is 3.25. The zero-order chi connectivity index (χ0) is 7.72. The maximum absolute atomic E-state index is 10.4. The fraction of sp³-hybridized carbons (Fsp3) is 0.833. The van der Waals surface area contributed by atoms with Crippen LogP contribution in [0.25, 0.3) is 0 Å². The van der Waals surface area contributed by atoms with Gasteiger partial charge in [-0.1, -0.05) is 0 Å². The fourth-order valence-electron chi connectivity index (χ4n) is 1.16. The first-order chi connectivity index (χ1) is 4.63. The molecule has 1 aliphatic heterocycles. The molecule has 1 heterocycles. The largest absolute Gasteiger partial charge is 0.550 e. The van der Waals surface area contributed by atoms with Gasteiger partial charge in [-0.05, 0) is 13.8 Å². The molecule has 1 fully saturated rings. The number of carboxylic acids is 1. The molecule has 0 spiro atoms. The van der Waals surface area contributed by atoms with Gasteiger partial charge in [0.2, 0.25) is 0 Å². The highest BCUT2D eigenvalue weighted by atomic mass is 16.7. The van der Waals surface area contributed by atoms with Crippen molar-refractivity contribution in [3.05, 3.63) is 0 Å². The Bertz CT molecular complexity index is 138. The van der Waals surface area contributed by atoms with Gasteiger partial charge in [-0.15, -0.1) is 0 Å². The van der Waals surface area contributed by atoms with E-state index < -0.39 is 11.9 Å². The standard InChI is InChI=1S/C6H11NO3/c1-3-5(6(8)9)4(2)10-7-3/h3-5,7H,1-2H3,(H,8,9)/p-1. The molecule has 58 valence electrons. The summed E-state index contributed by atoms with van der Waals surface area (Å²) in [6.07, 6.45) is -0.292. The molecule has 1 saturated heterocycles. The number of nitrogens with one attached hydrogen (secondary N) is 1. The van der Waals surface area contributed by atoms with E-state index in [4.69, 9.17) is 4.84 Å². The average Bonchev–Trinajstić information content (AvgIpc) is 2.11. The minimum absolute atomic E-state index is 0.153. The third kappa shape index (κ3) is 1.12. The molecule has 1 N–H and O–H groups in total. The highest BCUT2D eigenvalue weighted by Crippen LogP contribution is 2.17. The van der Waals surface area contributed by atoms with Gasteiger partial charge in [0.15, 0.2) is 0 Å². The number of carbonyl (C=O) groups is 1. The molecule has 3 atom stereocenters. The molecule has 10 heavy (non-hydrogen) atoms. The Kier molecular flexibility index (Phi) is 1.92. The van der Waals surface area contributed by atoms with Gasteiger partial charge >= 0.3 is 0 Å². The summed E-state index contributed by atoms with van der Waals surface area (Å²) in [6.45, 7) is 3.46. The quantitative estimate of drug-likeness (QED) is 0.495. The van der Waals surface area contributed by atoms with Crippen LogP contribution in [0.5, 0.6) is 0 Å². The average molecular weight is 144 g/mol. The number of aliphatic carboxylic acids is 1. The summed E-state index contributed by atoms with van der Waals surface area (Å²) in [5.41, 5.74) is 2.58. The van der Waals surface area contributed by atoms with Gasteiger partial charge in [0.1, 0.15) is 0 Å². The zero-order valence-corrected chi connectivity index (χ0v) is 5.96. The van der Waals surface area contributed by atoms with Crippen molar-refractivity contribution in [1.82, 2.24) is 5.48 Å². The number of hydrogen-bond donors (Lipinski definition) is 1. The summed E-state index contributed by atoms with van der Waals surface area (Å²) < 4.78 is 0. The third-order valence-electron chi connectivity index (χ3n) is 1.76. The summed E-state index contributed by atoms with van der Waals surface area (Å²) in [5.74, 6) is -1.58. The lowest BCUT2D eigenvalue weighted by atomic mass is 9.98. The van der Waals surface area contributed by atoms with Crippen LogP contribution in [0.1, 0.15) is 13.8 Å². The number of hydroxylamine groups is 1. The predicted octanol–water partition coefficient (Wildman–Crippen LogP) is -1.34. The lowest BCUT2D eigenvalue weighted by Gasteiger charge is -2.16. The molecule has 0 amide bonds. The number of carboxylic acid groups (broad SMARTS) is 1. The van der Waals surface area contributed by atoms with Crippen molar-refractivity contribution in [2.24, 2.45) is 5.92 Å². The van der Waals surface area contributed by atoms with Gasteiger partial charge < -0.3 is 9.90 Å². The highest BCUT2D eigenvalue weighted by Gasteiger charge is 2.32. The Morgan fingerprint density at radius 2 is 2.20 bits per heavy atom. The molecule has 3 unspecified atom stereocenters. The maximum atomic E-state index is 10.4. The molecule has 0 saturated carbocycles. The van der Waals surface area contributed by atoms with Gasteiger partial charge in [0, 0.05) is 17.9 Å². The van der Waals surface area contributed by atoms with Crippen molar-refractivity contribution < 1.29 is 14.7 Å². The zero-order valence-electron chi connectivity index (χ0n) is 5.96. The second-order valence-corrected chi connectivity index (χ2v) is 2.57. The lowest BCUT2D eigenvalue weighted by Crippen LogP contribution is -2.40. The van der Waals surface area contributed by atoms with Gasteiger partial charge in [-0.25, -0.2) is 0 Å². The first-order valence-corrected chi connectivity index (χ1v) is 3.25. The molecule has 4 heteroatoms. The smallest absolute Gasteiger partial charge is 0.0858 e. The van der Waals surface area contributed by atoms with E-state index in [1.165, 1.54) is 0 Å². The van der Waals surface area contributed by atoms with Crippen LogP contribution in [0, 0.1) is 5.92 Å². The number of carbonyl (C=O) groups excluding carboxylic acids is 1. The molecule has 0 aromatic carbocycles. The molecule has 0 radical (unpaired) electrons. The summed E-state index contributed by atoms with van der Waals surface area (Å²) in [7, 11) is 0. The molecule has 0 aliphatic carbocycles. The van der Waals surface area contributed by atoms with Crippen molar-refractivity contribution >= 4 is 5.97 Å². The van der Waals surface area contributed by atoms with Crippen molar-refractivity contribution in [3.8, 4) is 0 Å². The second-order valence-electron chi connectivity index (χ2n) is 2.57. The third-order valence-corrected chi connectivity index (χ3v) is 1.76. The minimum atomic E-state index is -1.05. The van der Waals surface area contributed by atoms with Crippen molar-refractivity contribution in [3.63, 3.8) is 0 Å². The molecular weight excluding hydrogens is 134 g/mol. The first kappa shape index (κ1) is 7.50. The topological polar surface area (TPSA) is 61.4 Å². The second kappa shape index (κ2) is 2.56. The molecule has 1 rings (SSSR count). The lowest BCUT2D eigenvalue weighted by molar-refractivity contribution is -0.312. The monoisotopic (exact) mass is 144 g/mol. The van der Waals surface area contributed by atoms with E-state index in [0.29, 0.717) is 0 Å². The normalized spacial score (nSPS) is 40.0. The van der Waals surface area contributed by atoms with Crippen LogP contribution in [-0.2, 0) is 9.63 Å². The summed E-state index contributed by atoms with van der Waals surface area (Å²) in [6, 6.07) is -0.153.